The Bertz CT molecular complexity index is 409. The van der Waals surface area contributed by atoms with Crippen LogP contribution < -0.4 is 16.4 Å². The second-order valence-corrected chi connectivity index (χ2v) is 5.09. The van der Waals surface area contributed by atoms with Crippen molar-refractivity contribution in [1.82, 2.24) is 10.3 Å². The topological polar surface area (TPSA) is 80.0 Å². The number of amides is 1. The lowest BCUT2D eigenvalue weighted by Crippen LogP contribution is -2.43. The molecule has 1 aromatic heterocycles. The Morgan fingerprint density at radius 2 is 2.12 bits per heavy atom. The van der Waals surface area contributed by atoms with Crippen LogP contribution in [0.5, 0.6) is 0 Å². The molecule has 0 aliphatic carbocycles. The Kier molecular flexibility index (Phi) is 3.93. The molecule has 0 aliphatic heterocycles. The number of nitrogens with zero attached hydrogens (tertiary/aromatic N) is 1. The molecule has 0 bridgehead atoms. The normalized spacial score (nSPS) is 11.1. The number of hydrogen-bond donors (Lipinski definition) is 3. The van der Waals surface area contributed by atoms with E-state index < -0.39 is 0 Å². The summed E-state index contributed by atoms with van der Waals surface area (Å²) >= 11 is 0. The van der Waals surface area contributed by atoms with Crippen LogP contribution >= 0.6 is 0 Å². The smallest absolute Gasteiger partial charge is 0.239 e. The van der Waals surface area contributed by atoms with Gasteiger partial charge in [0, 0.05) is 5.54 Å². The lowest BCUT2D eigenvalue weighted by atomic mass is 10.1. The van der Waals surface area contributed by atoms with Crippen molar-refractivity contribution in [3.05, 3.63) is 17.8 Å². The van der Waals surface area contributed by atoms with Crippen LogP contribution in [0.4, 0.5) is 11.5 Å². The summed E-state index contributed by atoms with van der Waals surface area (Å²) < 4.78 is 0. The number of rotatable bonds is 3. The van der Waals surface area contributed by atoms with E-state index in [2.05, 4.69) is 15.6 Å². The standard InChI is InChI=1S/C12H20N4O/c1-8-5-9(13)6-14-11(8)15-7-10(17)16-12(2,3)4/h5-6H,7,13H2,1-4H3,(H,14,15)(H,16,17). The number of pyridine rings is 1. The van der Waals surface area contributed by atoms with Crippen LogP contribution in [0.2, 0.25) is 0 Å². The van der Waals surface area contributed by atoms with Crippen molar-refractivity contribution in [2.45, 2.75) is 33.2 Å². The van der Waals surface area contributed by atoms with E-state index in [1.54, 1.807) is 6.20 Å². The molecule has 1 rings (SSSR count). The van der Waals surface area contributed by atoms with E-state index >= 15 is 0 Å². The number of anilines is 2. The Hall–Kier alpha value is -1.78. The average Bonchev–Trinajstić information content (AvgIpc) is 2.13. The minimum atomic E-state index is -0.220. The molecule has 0 saturated heterocycles. The number of aromatic nitrogens is 1. The molecule has 0 fully saturated rings. The Balaban J connectivity index is 2.53. The number of hydrogen-bond acceptors (Lipinski definition) is 4. The summed E-state index contributed by atoms with van der Waals surface area (Å²) in [5.41, 5.74) is 6.92. The second-order valence-electron chi connectivity index (χ2n) is 5.09. The second kappa shape index (κ2) is 5.03. The summed E-state index contributed by atoms with van der Waals surface area (Å²) in [6, 6.07) is 1.82. The van der Waals surface area contributed by atoms with Crippen LogP contribution in [0, 0.1) is 6.92 Å². The number of carbonyl (C=O) groups is 1. The molecule has 0 saturated carbocycles. The first-order chi connectivity index (χ1) is 7.78. The molecule has 0 aliphatic rings. The van der Waals surface area contributed by atoms with E-state index in [1.807, 2.05) is 33.8 Å². The monoisotopic (exact) mass is 236 g/mol. The average molecular weight is 236 g/mol. The summed E-state index contributed by atoms with van der Waals surface area (Å²) in [5.74, 6) is 0.624. The maximum absolute atomic E-state index is 11.6. The Morgan fingerprint density at radius 1 is 1.47 bits per heavy atom. The fourth-order valence-corrected chi connectivity index (χ4v) is 1.41. The summed E-state index contributed by atoms with van der Waals surface area (Å²) in [5, 5.41) is 5.85. The van der Waals surface area contributed by atoms with Crippen LogP contribution in [0.15, 0.2) is 12.3 Å². The molecule has 1 aromatic rings. The van der Waals surface area contributed by atoms with Crippen LogP contribution in [0.3, 0.4) is 0 Å². The van der Waals surface area contributed by atoms with Gasteiger partial charge in [-0.25, -0.2) is 4.98 Å². The SMILES string of the molecule is Cc1cc(N)cnc1NCC(=O)NC(C)(C)C. The van der Waals surface area contributed by atoms with E-state index in [9.17, 15) is 4.79 Å². The number of aryl methyl sites for hydroxylation is 1. The molecule has 0 unspecified atom stereocenters. The summed E-state index contributed by atoms with van der Waals surface area (Å²) in [6.07, 6.45) is 1.57. The lowest BCUT2D eigenvalue weighted by Gasteiger charge is -2.20. The number of nitrogen functional groups attached to an aromatic ring is 1. The van der Waals surface area contributed by atoms with E-state index in [0.29, 0.717) is 11.5 Å². The van der Waals surface area contributed by atoms with E-state index in [0.717, 1.165) is 5.56 Å². The van der Waals surface area contributed by atoms with Crippen molar-refractivity contribution in [2.24, 2.45) is 0 Å². The van der Waals surface area contributed by atoms with Gasteiger partial charge in [-0.15, -0.1) is 0 Å². The van der Waals surface area contributed by atoms with Gasteiger partial charge in [-0.05, 0) is 39.3 Å². The molecule has 0 spiro atoms. The van der Waals surface area contributed by atoms with Gasteiger partial charge in [0.15, 0.2) is 0 Å². The van der Waals surface area contributed by atoms with Crippen molar-refractivity contribution in [1.29, 1.82) is 0 Å². The third-order valence-corrected chi connectivity index (χ3v) is 2.03. The summed E-state index contributed by atoms with van der Waals surface area (Å²) in [7, 11) is 0. The van der Waals surface area contributed by atoms with E-state index in [1.165, 1.54) is 0 Å². The molecule has 1 amide bonds. The zero-order chi connectivity index (χ0) is 13.1. The van der Waals surface area contributed by atoms with Crippen molar-refractivity contribution in [3.63, 3.8) is 0 Å². The Labute approximate surface area is 102 Å². The van der Waals surface area contributed by atoms with Gasteiger partial charge in [0.25, 0.3) is 0 Å². The number of nitrogens with one attached hydrogen (secondary N) is 2. The Morgan fingerprint density at radius 3 is 2.65 bits per heavy atom. The maximum Gasteiger partial charge on any atom is 0.239 e. The van der Waals surface area contributed by atoms with Crippen molar-refractivity contribution < 1.29 is 4.79 Å². The summed E-state index contributed by atoms with van der Waals surface area (Å²) in [6.45, 7) is 7.93. The highest BCUT2D eigenvalue weighted by molar-refractivity contribution is 5.81. The van der Waals surface area contributed by atoms with Gasteiger partial charge in [0.2, 0.25) is 5.91 Å². The molecule has 17 heavy (non-hydrogen) atoms. The number of carbonyl (C=O) groups excluding carboxylic acids is 1. The van der Waals surface area contributed by atoms with Gasteiger partial charge in [0.1, 0.15) is 5.82 Å². The van der Waals surface area contributed by atoms with Gasteiger partial charge in [-0.1, -0.05) is 0 Å². The molecule has 5 nitrogen and oxygen atoms in total. The molecule has 1 heterocycles. The van der Waals surface area contributed by atoms with Crippen molar-refractivity contribution >= 4 is 17.4 Å². The van der Waals surface area contributed by atoms with Crippen LogP contribution in [-0.4, -0.2) is 23.0 Å². The van der Waals surface area contributed by atoms with E-state index in [-0.39, 0.29) is 18.0 Å². The van der Waals surface area contributed by atoms with Crippen molar-refractivity contribution in [3.8, 4) is 0 Å². The summed E-state index contributed by atoms with van der Waals surface area (Å²) in [4.78, 5) is 15.7. The molecule has 0 aromatic carbocycles. The number of nitrogens with two attached hydrogens (primary N) is 1. The quantitative estimate of drug-likeness (QED) is 0.739. The molecule has 0 radical (unpaired) electrons. The van der Waals surface area contributed by atoms with E-state index in [4.69, 9.17) is 5.73 Å². The largest absolute Gasteiger partial charge is 0.397 e. The maximum atomic E-state index is 11.6. The predicted octanol–water partition coefficient (Wildman–Crippen LogP) is 1.30. The van der Waals surface area contributed by atoms with Gasteiger partial charge < -0.3 is 16.4 Å². The van der Waals surface area contributed by atoms with Crippen LogP contribution in [0.25, 0.3) is 0 Å². The fraction of sp³-hybridized carbons (Fsp3) is 0.500. The van der Waals surface area contributed by atoms with Gasteiger partial charge in [-0.3, -0.25) is 4.79 Å². The predicted molar refractivity (Wildman–Crippen MR) is 69.8 cm³/mol. The molecular weight excluding hydrogens is 216 g/mol. The first-order valence-electron chi connectivity index (χ1n) is 5.55. The van der Waals surface area contributed by atoms with Crippen molar-refractivity contribution in [2.75, 3.05) is 17.6 Å². The first-order valence-corrected chi connectivity index (χ1v) is 5.55. The highest BCUT2D eigenvalue weighted by atomic mass is 16.2. The first kappa shape index (κ1) is 13.3. The molecule has 0 atom stereocenters. The van der Waals surface area contributed by atoms with Crippen LogP contribution in [0.1, 0.15) is 26.3 Å². The lowest BCUT2D eigenvalue weighted by molar-refractivity contribution is -0.120. The van der Waals surface area contributed by atoms with Gasteiger partial charge in [0.05, 0.1) is 18.4 Å². The van der Waals surface area contributed by atoms with Gasteiger partial charge >= 0.3 is 0 Å². The molecule has 4 N–H and O–H groups in total. The zero-order valence-electron chi connectivity index (χ0n) is 10.8. The third kappa shape index (κ3) is 4.72. The third-order valence-electron chi connectivity index (χ3n) is 2.03. The van der Waals surface area contributed by atoms with Crippen LogP contribution in [-0.2, 0) is 4.79 Å². The van der Waals surface area contributed by atoms with Gasteiger partial charge in [-0.2, -0.15) is 0 Å². The highest BCUT2D eigenvalue weighted by Crippen LogP contribution is 2.13. The highest BCUT2D eigenvalue weighted by Gasteiger charge is 2.13. The molecule has 5 heteroatoms. The molecular formula is C12H20N4O. The minimum Gasteiger partial charge on any atom is -0.397 e. The molecule has 94 valence electrons. The fourth-order valence-electron chi connectivity index (χ4n) is 1.41. The minimum absolute atomic E-state index is 0.0597. The zero-order valence-corrected chi connectivity index (χ0v) is 10.8.